The molecule has 0 unspecified atom stereocenters. The monoisotopic (exact) mass is 493 g/mol. The smallest absolute Gasteiger partial charge is 0.264 e. The summed E-state index contributed by atoms with van der Waals surface area (Å²) in [6.07, 6.45) is 1.30. The van der Waals surface area contributed by atoms with Crippen LogP contribution in [0.25, 0.3) is 0 Å². The molecular weight excluding hydrogens is 477 g/mol. The second-order valence-electron chi connectivity index (χ2n) is 6.15. The molecule has 0 saturated heterocycles. The van der Waals surface area contributed by atoms with Crippen molar-refractivity contribution in [2.45, 2.75) is 11.8 Å². The van der Waals surface area contributed by atoms with Gasteiger partial charge in [0.2, 0.25) is 0 Å². The van der Waals surface area contributed by atoms with E-state index in [-0.39, 0.29) is 10.6 Å². The molecule has 10 heteroatoms. The van der Waals surface area contributed by atoms with Crippen molar-refractivity contribution >= 4 is 43.8 Å². The molecule has 0 fully saturated rings. The Labute approximate surface area is 181 Å². The standard InChI is InChI=1S/C20H17BrFN3O4S/c1-14-19(21)11-17(29-14)12-23-24-20(26)13-25(16-9-7-15(22)8-10-16)30(27,28)18-5-3-2-4-6-18/h2-12H,13H2,1H3,(H,24,26)/b23-12-. The highest BCUT2D eigenvalue weighted by atomic mass is 79.9. The van der Waals surface area contributed by atoms with Crippen molar-refractivity contribution in [2.24, 2.45) is 5.10 Å². The number of carbonyl (C=O) groups excluding carboxylic acids is 1. The van der Waals surface area contributed by atoms with Crippen LogP contribution in [0.15, 0.2) is 79.6 Å². The van der Waals surface area contributed by atoms with Crippen molar-refractivity contribution in [3.8, 4) is 0 Å². The molecule has 0 aliphatic rings. The van der Waals surface area contributed by atoms with E-state index in [1.54, 1.807) is 31.2 Å². The maximum Gasteiger partial charge on any atom is 0.264 e. The normalized spacial score (nSPS) is 11.6. The topological polar surface area (TPSA) is 92.0 Å². The molecule has 2 aromatic carbocycles. The fourth-order valence-electron chi connectivity index (χ4n) is 2.52. The van der Waals surface area contributed by atoms with Gasteiger partial charge in [0, 0.05) is 6.07 Å². The summed E-state index contributed by atoms with van der Waals surface area (Å²) in [7, 11) is -4.07. The third-order valence-electron chi connectivity index (χ3n) is 3.99. The maximum absolute atomic E-state index is 13.3. The van der Waals surface area contributed by atoms with Crippen molar-refractivity contribution in [2.75, 3.05) is 10.8 Å². The van der Waals surface area contributed by atoms with Crippen molar-refractivity contribution in [1.29, 1.82) is 0 Å². The number of amides is 1. The molecule has 1 aromatic heterocycles. The number of furan rings is 1. The van der Waals surface area contributed by atoms with Gasteiger partial charge in [-0.1, -0.05) is 18.2 Å². The Morgan fingerprint density at radius 2 is 1.87 bits per heavy atom. The lowest BCUT2D eigenvalue weighted by Gasteiger charge is -2.23. The number of nitrogens with zero attached hydrogens (tertiary/aromatic N) is 2. The van der Waals surface area contributed by atoms with E-state index in [1.807, 2.05) is 0 Å². The van der Waals surface area contributed by atoms with Gasteiger partial charge in [-0.25, -0.2) is 18.2 Å². The van der Waals surface area contributed by atoms with Crippen LogP contribution >= 0.6 is 15.9 Å². The number of sulfonamides is 1. The Balaban J connectivity index is 1.82. The highest BCUT2D eigenvalue weighted by Crippen LogP contribution is 2.23. The molecule has 0 spiro atoms. The van der Waals surface area contributed by atoms with Crippen LogP contribution in [0.4, 0.5) is 10.1 Å². The summed E-state index contributed by atoms with van der Waals surface area (Å²) in [5, 5.41) is 3.79. The first-order valence-electron chi connectivity index (χ1n) is 8.68. The number of rotatable bonds is 7. The summed E-state index contributed by atoms with van der Waals surface area (Å²) in [5.41, 5.74) is 2.41. The lowest BCUT2D eigenvalue weighted by atomic mass is 10.3. The van der Waals surface area contributed by atoms with Crippen molar-refractivity contribution in [3.05, 3.63) is 82.5 Å². The number of benzene rings is 2. The van der Waals surface area contributed by atoms with Crippen LogP contribution in [0.1, 0.15) is 11.5 Å². The second-order valence-corrected chi connectivity index (χ2v) is 8.86. The van der Waals surface area contributed by atoms with Crippen molar-refractivity contribution in [1.82, 2.24) is 5.43 Å². The maximum atomic E-state index is 13.3. The highest BCUT2D eigenvalue weighted by molar-refractivity contribution is 9.10. The minimum absolute atomic E-state index is 0.00142. The average molecular weight is 494 g/mol. The van der Waals surface area contributed by atoms with Gasteiger partial charge in [-0.05, 0) is 59.3 Å². The van der Waals surface area contributed by atoms with E-state index in [0.717, 1.165) is 20.9 Å². The molecule has 0 aliphatic heterocycles. The zero-order valence-corrected chi connectivity index (χ0v) is 18.2. The van der Waals surface area contributed by atoms with E-state index in [9.17, 15) is 17.6 Å². The molecule has 3 aromatic rings. The molecule has 156 valence electrons. The van der Waals surface area contributed by atoms with E-state index in [4.69, 9.17) is 4.42 Å². The van der Waals surface area contributed by atoms with E-state index in [1.165, 1.54) is 30.5 Å². The number of hydrazone groups is 1. The Hall–Kier alpha value is -2.98. The molecule has 7 nitrogen and oxygen atoms in total. The minimum atomic E-state index is -4.07. The van der Waals surface area contributed by atoms with Gasteiger partial charge in [-0.3, -0.25) is 9.10 Å². The first-order valence-corrected chi connectivity index (χ1v) is 10.9. The highest BCUT2D eigenvalue weighted by Gasteiger charge is 2.27. The van der Waals surface area contributed by atoms with Gasteiger partial charge in [-0.15, -0.1) is 0 Å². The van der Waals surface area contributed by atoms with E-state index in [2.05, 4.69) is 26.5 Å². The Morgan fingerprint density at radius 3 is 2.47 bits per heavy atom. The molecular formula is C20H17BrFN3O4S. The minimum Gasteiger partial charge on any atom is -0.459 e. The largest absolute Gasteiger partial charge is 0.459 e. The van der Waals surface area contributed by atoms with Crippen LogP contribution in [-0.4, -0.2) is 27.1 Å². The summed E-state index contributed by atoms with van der Waals surface area (Å²) in [6.45, 7) is 1.20. The summed E-state index contributed by atoms with van der Waals surface area (Å²) < 4.78 is 46.5. The molecule has 30 heavy (non-hydrogen) atoms. The first kappa shape index (κ1) is 21.7. The van der Waals surface area contributed by atoms with Gasteiger partial charge in [0.05, 0.1) is 21.3 Å². The molecule has 1 heterocycles. The van der Waals surface area contributed by atoms with Gasteiger partial charge in [0.15, 0.2) is 0 Å². The predicted molar refractivity (Wildman–Crippen MR) is 114 cm³/mol. The van der Waals surface area contributed by atoms with Crippen LogP contribution in [0, 0.1) is 12.7 Å². The SMILES string of the molecule is Cc1oc(/C=N\NC(=O)CN(c2ccc(F)cc2)S(=O)(=O)c2ccccc2)cc1Br. The van der Waals surface area contributed by atoms with Gasteiger partial charge in [0.1, 0.15) is 23.9 Å². The fraction of sp³-hybridized carbons (Fsp3) is 0.100. The number of anilines is 1. The third kappa shape index (κ3) is 5.14. The summed E-state index contributed by atoms with van der Waals surface area (Å²) >= 11 is 3.30. The second kappa shape index (κ2) is 9.23. The van der Waals surface area contributed by atoms with Crippen molar-refractivity contribution in [3.63, 3.8) is 0 Å². The zero-order valence-electron chi connectivity index (χ0n) is 15.7. The van der Waals surface area contributed by atoms with Crippen LogP contribution < -0.4 is 9.73 Å². The van der Waals surface area contributed by atoms with Gasteiger partial charge in [-0.2, -0.15) is 5.10 Å². The van der Waals surface area contributed by atoms with E-state index < -0.39 is 28.3 Å². The molecule has 1 N–H and O–H groups in total. The lowest BCUT2D eigenvalue weighted by Crippen LogP contribution is -2.39. The summed E-state index contributed by atoms with van der Waals surface area (Å²) in [6, 6.07) is 14.1. The number of hydrogen-bond acceptors (Lipinski definition) is 5. The molecule has 0 radical (unpaired) electrons. The molecule has 1 amide bonds. The fourth-order valence-corrected chi connectivity index (χ4v) is 4.27. The number of halogens is 2. The lowest BCUT2D eigenvalue weighted by molar-refractivity contribution is -0.119. The van der Waals surface area contributed by atoms with Gasteiger partial charge >= 0.3 is 0 Å². The van der Waals surface area contributed by atoms with E-state index in [0.29, 0.717) is 11.5 Å². The quantitative estimate of drug-likeness (QED) is 0.399. The number of aryl methyl sites for hydroxylation is 1. The van der Waals surface area contributed by atoms with Crippen LogP contribution in [0.3, 0.4) is 0 Å². The van der Waals surface area contributed by atoms with Crippen LogP contribution in [0.2, 0.25) is 0 Å². The number of carbonyl (C=O) groups is 1. The van der Waals surface area contributed by atoms with Crippen LogP contribution in [0.5, 0.6) is 0 Å². The van der Waals surface area contributed by atoms with Gasteiger partial charge < -0.3 is 4.42 Å². The number of nitrogens with one attached hydrogen (secondary N) is 1. The Kier molecular flexibility index (Phi) is 6.68. The third-order valence-corrected chi connectivity index (χ3v) is 6.57. The van der Waals surface area contributed by atoms with Crippen LogP contribution in [-0.2, 0) is 14.8 Å². The summed E-state index contributed by atoms with van der Waals surface area (Å²) in [4.78, 5) is 12.4. The Bertz CT molecular complexity index is 1140. The zero-order chi connectivity index (χ0) is 21.7. The molecule has 0 bridgehead atoms. The molecule has 3 rings (SSSR count). The average Bonchev–Trinajstić information content (AvgIpc) is 3.05. The predicted octanol–water partition coefficient (Wildman–Crippen LogP) is 3.84. The molecule has 0 saturated carbocycles. The summed E-state index contributed by atoms with van der Waals surface area (Å²) in [5.74, 6) is -0.145. The van der Waals surface area contributed by atoms with Gasteiger partial charge in [0.25, 0.3) is 15.9 Å². The molecule has 0 aliphatic carbocycles. The Morgan fingerprint density at radius 1 is 1.20 bits per heavy atom. The van der Waals surface area contributed by atoms with Crippen molar-refractivity contribution < 1.29 is 22.0 Å². The number of hydrogen-bond donors (Lipinski definition) is 1. The first-order chi connectivity index (χ1) is 14.3. The van der Waals surface area contributed by atoms with E-state index >= 15 is 0 Å². The molecule has 0 atom stereocenters.